The van der Waals surface area contributed by atoms with E-state index in [1.807, 2.05) is 18.2 Å². The standard InChI is InChI=1S/C16H23ClN2O2/c1-11-3-5-12(6-4-11)18-14-9-13(19-16(20)10-17)7-8-15(14)21-2/h7-9,11-12,18H,3-6,10H2,1-2H3,(H,19,20). The minimum Gasteiger partial charge on any atom is -0.495 e. The second kappa shape index (κ2) is 7.55. The fraction of sp³-hybridized carbons (Fsp3) is 0.562. The quantitative estimate of drug-likeness (QED) is 0.812. The van der Waals surface area contributed by atoms with Gasteiger partial charge in [0.05, 0.1) is 12.8 Å². The van der Waals surface area contributed by atoms with E-state index in [9.17, 15) is 4.79 Å². The summed E-state index contributed by atoms with van der Waals surface area (Å²) in [5.41, 5.74) is 1.65. The molecule has 2 N–H and O–H groups in total. The van der Waals surface area contributed by atoms with Crippen LogP contribution in [-0.2, 0) is 4.79 Å². The van der Waals surface area contributed by atoms with Gasteiger partial charge in [0, 0.05) is 11.7 Å². The topological polar surface area (TPSA) is 50.4 Å². The first-order valence-electron chi connectivity index (χ1n) is 7.42. The van der Waals surface area contributed by atoms with Gasteiger partial charge in [0.25, 0.3) is 0 Å². The van der Waals surface area contributed by atoms with E-state index in [1.165, 1.54) is 25.7 Å². The van der Waals surface area contributed by atoms with Crippen LogP contribution >= 0.6 is 11.6 Å². The summed E-state index contributed by atoms with van der Waals surface area (Å²) in [6.07, 6.45) is 4.84. The van der Waals surface area contributed by atoms with Gasteiger partial charge in [-0.1, -0.05) is 6.92 Å². The van der Waals surface area contributed by atoms with Crippen LogP contribution in [-0.4, -0.2) is 24.9 Å². The van der Waals surface area contributed by atoms with Gasteiger partial charge in [-0.3, -0.25) is 4.79 Å². The van der Waals surface area contributed by atoms with Crippen molar-refractivity contribution < 1.29 is 9.53 Å². The molecule has 0 aliphatic heterocycles. The molecule has 1 aliphatic carbocycles. The Kier molecular flexibility index (Phi) is 5.74. The number of benzene rings is 1. The molecule has 1 amide bonds. The summed E-state index contributed by atoms with van der Waals surface area (Å²) in [6, 6.07) is 6.05. The molecule has 4 nitrogen and oxygen atoms in total. The second-order valence-electron chi connectivity index (χ2n) is 5.70. The maximum absolute atomic E-state index is 11.4. The molecule has 0 spiro atoms. The third kappa shape index (κ3) is 4.53. The summed E-state index contributed by atoms with van der Waals surface area (Å²) >= 11 is 5.52. The lowest BCUT2D eigenvalue weighted by Gasteiger charge is -2.28. The van der Waals surface area contributed by atoms with Gasteiger partial charge < -0.3 is 15.4 Å². The third-order valence-corrected chi connectivity index (χ3v) is 4.22. The Morgan fingerprint density at radius 1 is 1.33 bits per heavy atom. The Morgan fingerprint density at radius 2 is 2.05 bits per heavy atom. The second-order valence-corrected chi connectivity index (χ2v) is 5.97. The number of halogens is 1. The molecule has 0 bridgehead atoms. The van der Waals surface area contributed by atoms with Crippen molar-refractivity contribution in [3.8, 4) is 5.75 Å². The fourth-order valence-electron chi connectivity index (χ4n) is 2.72. The van der Waals surface area contributed by atoms with Gasteiger partial charge in [-0.25, -0.2) is 0 Å². The Balaban J connectivity index is 2.08. The van der Waals surface area contributed by atoms with Gasteiger partial charge in [-0.05, 0) is 49.8 Å². The average Bonchev–Trinajstić information content (AvgIpc) is 2.50. The van der Waals surface area contributed by atoms with Crippen molar-refractivity contribution in [1.82, 2.24) is 0 Å². The number of carbonyl (C=O) groups is 1. The van der Waals surface area contributed by atoms with E-state index in [1.54, 1.807) is 7.11 Å². The van der Waals surface area contributed by atoms with E-state index in [-0.39, 0.29) is 11.8 Å². The molecular weight excluding hydrogens is 288 g/mol. The van der Waals surface area contributed by atoms with Gasteiger partial charge in [0.15, 0.2) is 0 Å². The number of carbonyl (C=O) groups excluding carboxylic acids is 1. The summed E-state index contributed by atoms with van der Waals surface area (Å²) in [5, 5.41) is 6.30. The smallest absolute Gasteiger partial charge is 0.239 e. The van der Waals surface area contributed by atoms with Crippen molar-refractivity contribution in [2.45, 2.75) is 38.6 Å². The molecule has 0 saturated heterocycles. The summed E-state index contributed by atoms with van der Waals surface area (Å²) < 4.78 is 5.39. The minimum absolute atomic E-state index is 0.0463. The number of anilines is 2. The summed E-state index contributed by atoms with van der Waals surface area (Å²) in [4.78, 5) is 11.4. The van der Waals surface area contributed by atoms with Crippen LogP contribution in [0, 0.1) is 5.92 Å². The predicted octanol–water partition coefficient (Wildman–Crippen LogP) is 3.86. The molecule has 2 rings (SSSR count). The molecule has 1 aromatic rings. The molecule has 5 heteroatoms. The largest absolute Gasteiger partial charge is 0.495 e. The molecule has 1 aromatic carbocycles. The van der Waals surface area contributed by atoms with Crippen LogP contribution in [0.4, 0.5) is 11.4 Å². The monoisotopic (exact) mass is 310 g/mol. The molecule has 1 saturated carbocycles. The highest BCUT2D eigenvalue weighted by atomic mass is 35.5. The first-order chi connectivity index (χ1) is 10.1. The Bertz CT molecular complexity index is 485. The highest BCUT2D eigenvalue weighted by Crippen LogP contribution is 2.32. The SMILES string of the molecule is COc1ccc(NC(=O)CCl)cc1NC1CCC(C)CC1. The van der Waals surface area contributed by atoms with E-state index in [4.69, 9.17) is 16.3 Å². The van der Waals surface area contributed by atoms with E-state index in [0.29, 0.717) is 6.04 Å². The molecule has 0 unspecified atom stereocenters. The first-order valence-corrected chi connectivity index (χ1v) is 7.96. The van der Waals surface area contributed by atoms with Crippen LogP contribution in [0.3, 0.4) is 0 Å². The number of hydrogen-bond acceptors (Lipinski definition) is 3. The molecule has 0 aromatic heterocycles. The molecule has 21 heavy (non-hydrogen) atoms. The molecule has 0 heterocycles. The number of methoxy groups -OCH3 is 1. The van der Waals surface area contributed by atoms with Crippen LogP contribution < -0.4 is 15.4 Å². The Morgan fingerprint density at radius 3 is 2.67 bits per heavy atom. The van der Waals surface area contributed by atoms with E-state index >= 15 is 0 Å². The van der Waals surface area contributed by atoms with Crippen LogP contribution in [0.1, 0.15) is 32.6 Å². The highest BCUT2D eigenvalue weighted by Gasteiger charge is 2.19. The number of amides is 1. The van der Waals surface area contributed by atoms with E-state index < -0.39 is 0 Å². The zero-order valence-corrected chi connectivity index (χ0v) is 13.4. The number of alkyl halides is 1. The lowest BCUT2D eigenvalue weighted by atomic mass is 9.87. The lowest BCUT2D eigenvalue weighted by molar-refractivity contribution is -0.113. The molecule has 116 valence electrons. The first kappa shape index (κ1) is 16.0. The summed E-state index contributed by atoms with van der Waals surface area (Å²) in [7, 11) is 1.65. The highest BCUT2D eigenvalue weighted by molar-refractivity contribution is 6.29. The number of hydrogen-bond donors (Lipinski definition) is 2. The Hall–Kier alpha value is -1.42. The summed E-state index contributed by atoms with van der Waals surface area (Å²) in [6.45, 7) is 2.30. The van der Waals surface area contributed by atoms with Gasteiger partial charge >= 0.3 is 0 Å². The number of ether oxygens (including phenoxy) is 1. The van der Waals surface area contributed by atoms with Crippen molar-refractivity contribution in [3.05, 3.63) is 18.2 Å². The zero-order chi connectivity index (χ0) is 15.2. The van der Waals surface area contributed by atoms with Crippen molar-refractivity contribution >= 4 is 28.9 Å². The molecule has 0 radical (unpaired) electrons. The zero-order valence-electron chi connectivity index (χ0n) is 12.6. The molecule has 1 aliphatic rings. The van der Waals surface area contributed by atoms with Crippen LogP contribution in [0.2, 0.25) is 0 Å². The number of nitrogens with one attached hydrogen (secondary N) is 2. The average molecular weight is 311 g/mol. The van der Waals surface area contributed by atoms with Gasteiger partial charge in [-0.15, -0.1) is 11.6 Å². The fourth-order valence-corrected chi connectivity index (χ4v) is 2.78. The van der Waals surface area contributed by atoms with Crippen molar-refractivity contribution in [2.24, 2.45) is 5.92 Å². The number of rotatable bonds is 5. The van der Waals surface area contributed by atoms with Crippen LogP contribution in [0.15, 0.2) is 18.2 Å². The minimum atomic E-state index is -0.209. The Labute approximate surface area is 131 Å². The van der Waals surface area contributed by atoms with Gasteiger partial charge in [-0.2, -0.15) is 0 Å². The van der Waals surface area contributed by atoms with E-state index in [2.05, 4.69) is 17.6 Å². The van der Waals surface area contributed by atoms with Crippen molar-refractivity contribution in [2.75, 3.05) is 23.6 Å². The van der Waals surface area contributed by atoms with Crippen molar-refractivity contribution in [1.29, 1.82) is 0 Å². The maximum Gasteiger partial charge on any atom is 0.239 e. The predicted molar refractivity (Wildman–Crippen MR) is 87.4 cm³/mol. The van der Waals surface area contributed by atoms with Crippen LogP contribution in [0.5, 0.6) is 5.75 Å². The van der Waals surface area contributed by atoms with Gasteiger partial charge in [0.2, 0.25) is 5.91 Å². The molecular formula is C16H23ClN2O2. The lowest BCUT2D eigenvalue weighted by Crippen LogP contribution is -2.25. The van der Waals surface area contributed by atoms with Gasteiger partial charge in [0.1, 0.15) is 11.6 Å². The third-order valence-electron chi connectivity index (χ3n) is 3.98. The molecule has 1 fully saturated rings. The maximum atomic E-state index is 11.4. The normalized spacial score (nSPS) is 21.7. The van der Waals surface area contributed by atoms with Crippen LogP contribution in [0.25, 0.3) is 0 Å². The summed E-state index contributed by atoms with van der Waals surface area (Å²) in [5.74, 6) is 1.35. The van der Waals surface area contributed by atoms with E-state index in [0.717, 1.165) is 23.0 Å². The molecule has 0 atom stereocenters. The van der Waals surface area contributed by atoms with Crippen molar-refractivity contribution in [3.63, 3.8) is 0 Å².